The van der Waals surface area contributed by atoms with Crippen LogP contribution in [0.25, 0.3) is 0 Å². The fourth-order valence-electron chi connectivity index (χ4n) is 1.82. The highest BCUT2D eigenvalue weighted by Gasteiger charge is 2.06. The molecule has 0 aliphatic carbocycles. The van der Waals surface area contributed by atoms with Crippen molar-refractivity contribution in [1.29, 1.82) is 0 Å². The minimum atomic E-state index is -0.387. The number of rotatable bonds is 7. The Hall–Kier alpha value is -3.09. The summed E-state index contributed by atoms with van der Waals surface area (Å²) in [7, 11) is 3.04. The van der Waals surface area contributed by atoms with Crippen LogP contribution in [0.15, 0.2) is 47.6 Å². The Morgan fingerprint density at radius 2 is 1.75 bits per heavy atom. The van der Waals surface area contributed by atoms with Gasteiger partial charge in [0.25, 0.3) is 5.91 Å². The topological polar surface area (TPSA) is 69.2 Å². The van der Waals surface area contributed by atoms with Gasteiger partial charge >= 0.3 is 0 Å². The predicted octanol–water partition coefficient (Wildman–Crippen LogP) is 2.83. The quantitative estimate of drug-likeness (QED) is 0.625. The molecule has 6 nitrogen and oxygen atoms in total. The van der Waals surface area contributed by atoms with E-state index in [1.54, 1.807) is 30.3 Å². The second-order valence-corrected chi connectivity index (χ2v) is 4.71. The Bertz CT molecular complexity index is 695. The van der Waals surface area contributed by atoms with Gasteiger partial charge in [0.05, 0.1) is 20.4 Å². The summed E-state index contributed by atoms with van der Waals surface area (Å²) in [4.78, 5) is 16.7. The number of methoxy groups -OCH3 is 2. The molecule has 0 radical (unpaired) electrons. The number of halogens is 1. The highest BCUT2D eigenvalue weighted by Crippen LogP contribution is 2.25. The van der Waals surface area contributed by atoms with Gasteiger partial charge in [-0.3, -0.25) is 4.79 Å². The lowest BCUT2D eigenvalue weighted by atomic mass is 10.2. The van der Waals surface area contributed by atoms with Crippen molar-refractivity contribution in [3.05, 3.63) is 53.8 Å². The fraction of sp³-hybridized carbons (Fsp3) is 0.176. The molecule has 1 amide bonds. The van der Waals surface area contributed by atoms with E-state index in [9.17, 15) is 9.18 Å². The van der Waals surface area contributed by atoms with Crippen LogP contribution in [-0.4, -0.2) is 32.9 Å². The number of carbonyl (C=O) groups is 1. The zero-order valence-electron chi connectivity index (χ0n) is 13.3. The Morgan fingerprint density at radius 3 is 2.33 bits per heavy atom. The lowest BCUT2D eigenvalue weighted by molar-refractivity contribution is -0.120. The number of nitrogens with one attached hydrogen (secondary N) is 1. The second kappa shape index (κ2) is 8.52. The van der Waals surface area contributed by atoms with Gasteiger partial charge in [0.15, 0.2) is 6.61 Å². The number of amides is 1. The zero-order valence-corrected chi connectivity index (χ0v) is 13.3. The third-order valence-corrected chi connectivity index (χ3v) is 2.98. The predicted molar refractivity (Wildman–Crippen MR) is 88.1 cm³/mol. The van der Waals surface area contributed by atoms with Crippen molar-refractivity contribution < 1.29 is 23.5 Å². The second-order valence-electron chi connectivity index (χ2n) is 4.71. The third kappa shape index (κ3) is 5.28. The van der Waals surface area contributed by atoms with Crippen LogP contribution >= 0.6 is 0 Å². The summed E-state index contributed by atoms with van der Waals surface area (Å²) in [6.45, 7) is -0.267. The summed E-state index contributed by atoms with van der Waals surface area (Å²) >= 11 is 0. The summed E-state index contributed by atoms with van der Waals surface area (Å²) < 4.78 is 23.0. The number of carbonyl (C=O) groups excluding carboxylic acids is 1. The number of ether oxygens (including phenoxy) is 2. The minimum absolute atomic E-state index is 0.267. The molecule has 2 aromatic rings. The van der Waals surface area contributed by atoms with Crippen molar-refractivity contribution in [1.82, 2.24) is 0 Å². The van der Waals surface area contributed by atoms with E-state index in [0.717, 1.165) is 0 Å². The van der Waals surface area contributed by atoms with E-state index in [1.807, 2.05) is 0 Å². The number of anilines is 1. The molecule has 0 heterocycles. The van der Waals surface area contributed by atoms with Crippen LogP contribution in [0.3, 0.4) is 0 Å². The molecule has 2 rings (SSSR count). The lowest BCUT2D eigenvalue weighted by Gasteiger charge is -2.09. The molecule has 0 fully saturated rings. The third-order valence-electron chi connectivity index (χ3n) is 2.98. The summed E-state index contributed by atoms with van der Waals surface area (Å²) in [5, 5.41) is 6.31. The zero-order chi connectivity index (χ0) is 17.4. The summed E-state index contributed by atoms with van der Waals surface area (Å²) in [5.74, 6) is 0.391. The van der Waals surface area contributed by atoms with Crippen molar-refractivity contribution in [3.8, 4) is 11.5 Å². The number of hydrogen-bond acceptors (Lipinski definition) is 5. The maximum absolute atomic E-state index is 12.7. The maximum atomic E-state index is 12.7. The molecule has 0 aliphatic rings. The van der Waals surface area contributed by atoms with Gasteiger partial charge in [-0.2, -0.15) is 0 Å². The van der Waals surface area contributed by atoms with Crippen LogP contribution in [0.2, 0.25) is 0 Å². The summed E-state index contributed by atoms with van der Waals surface area (Å²) in [6.07, 6.45) is 1.39. The van der Waals surface area contributed by atoms with Crippen LogP contribution in [0, 0.1) is 5.82 Å². The molecule has 0 unspecified atom stereocenters. The summed E-state index contributed by atoms with van der Waals surface area (Å²) in [5.41, 5.74) is 1.18. The molecular weight excluding hydrogens is 315 g/mol. The van der Waals surface area contributed by atoms with Gasteiger partial charge in [-0.05, 0) is 17.7 Å². The maximum Gasteiger partial charge on any atom is 0.265 e. The van der Waals surface area contributed by atoms with Gasteiger partial charge in [-0.25, -0.2) is 4.39 Å². The molecule has 0 aromatic heterocycles. The molecule has 0 aliphatic heterocycles. The first kappa shape index (κ1) is 17.3. The molecule has 7 heteroatoms. The van der Waals surface area contributed by atoms with Crippen molar-refractivity contribution >= 4 is 17.8 Å². The van der Waals surface area contributed by atoms with Crippen LogP contribution < -0.4 is 14.8 Å². The average Bonchev–Trinajstić information content (AvgIpc) is 2.59. The number of nitrogens with zero attached hydrogens (tertiary/aromatic N) is 1. The largest absolute Gasteiger partial charge is 0.497 e. The first-order valence-corrected chi connectivity index (χ1v) is 7.04. The average molecular weight is 332 g/mol. The highest BCUT2D eigenvalue weighted by molar-refractivity contribution is 5.92. The molecule has 0 atom stereocenters. The van der Waals surface area contributed by atoms with Crippen LogP contribution in [0.5, 0.6) is 11.5 Å². The van der Waals surface area contributed by atoms with Crippen molar-refractivity contribution in [2.45, 2.75) is 0 Å². The van der Waals surface area contributed by atoms with Crippen molar-refractivity contribution in [3.63, 3.8) is 0 Å². The van der Waals surface area contributed by atoms with E-state index < -0.39 is 0 Å². The Morgan fingerprint density at radius 1 is 1.12 bits per heavy atom. The van der Waals surface area contributed by atoms with E-state index in [2.05, 4.69) is 10.5 Å². The molecular formula is C17H17FN2O4. The monoisotopic (exact) mass is 332 g/mol. The Labute approximate surface area is 138 Å². The van der Waals surface area contributed by atoms with Crippen LogP contribution in [0.1, 0.15) is 5.56 Å². The van der Waals surface area contributed by atoms with Crippen molar-refractivity contribution in [2.24, 2.45) is 5.16 Å². The molecule has 0 saturated heterocycles. The van der Waals surface area contributed by atoms with E-state index in [-0.39, 0.29) is 18.3 Å². The molecule has 24 heavy (non-hydrogen) atoms. The van der Waals surface area contributed by atoms with E-state index in [0.29, 0.717) is 22.7 Å². The molecule has 0 saturated carbocycles. The van der Waals surface area contributed by atoms with Crippen LogP contribution in [-0.2, 0) is 9.63 Å². The molecule has 2 aromatic carbocycles. The lowest BCUT2D eigenvalue weighted by Crippen LogP contribution is -2.17. The van der Waals surface area contributed by atoms with Gasteiger partial charge in [-0.15, -0.1) is 0 Å². The van der Waals surface area contributed by atoms with E-state index >= 15 is 0 Å². The van der Waals surface area contributed by atoms with E-state index in [4.69, 9.17) is 14.3 Å². The Balaban J connectivity index is 1.86. The van der Waals surface area contributed by atoms with Gasteiger partial charge < -0.3 is 19.6 Å². The van der Waals surface area contributed by atoms with Gasteiger partial charge in [0, 0.05) is 23.9 Å². The first-order chi connectivity index (χ1) is 11.6. The van der Waals surface area contributed by atoms with Gasteiger partial charge in [0.2, 0.25) is 0 Å². The number of oxime groups is 1. The SMILES string of the molecule is COc1cc(NC(=O)CO/N=C/c2ccc(F)cc2)cc(OC)c1. The molecule has 1 N–H and O–H groups in total. The highest BCUT2D eigenvalue weighted by atomic mass is 19.1. The number of hydrogen-bond donors (Lipinski definition) is 1. The minimum Gasteiger partial charge on any atom is -0.497 e. The first-order valence-electron chi connectivity index (χ1n) is 7.04. The van der Waals surface area contributed by atoms with Crippen molar-refractivity contribution in [2.75, 3.05) is 26.1 Å². The van der Waals surface area contributed by atoms with Gasteiger partial charge in [-0.1, -0.05) is 17.3 Å². The van der Waals surface area contributed by atoms with Crippen LogP contribution in [0.4, 0.5) is 10.1 Å². The van der Waals surface area contributed by atoms with E-state index in [1.165, 1.54) is 32.6 Å². The Kier molecular flexibility index (Phi) is 6.13. The van der Waals surface area contributed by atoms with Gasteiger partial charge in [0.1, 0.15) is 17.3 Å². The molecule has 0 bridgehead atoms. The summed E-state index contributed by atoms with van der Waals surface area (Å²) in [6, 6.07) is 10.7. The smallest absolute Gasteiger partial charge is 0.265 e. The molecule has 126 valence electrons. The number of benzene rings is 2. The standard InChI is InChI=1S/C17H17FN2O4/c1-22-15-7-14(8-16(9-15)23-2)20-17(21)11-24-19-10-12-3-5-13(18)6-4-12/h3-10H,11H2,1-2H3,(H,20,21)/b19-10+. The fourth-order valence-corrected chi connectivity index (χ4v) is 1.82. The normalized spacial score (nSPS) is 10.5. The molecule has 0 spiro atoms.